The molecule has 0 spiro atoms. The van der Waals surface area contributed by atoms with Crippen molar-refractivity contribution in [2.45, 2.75) is 32.7 Å². The van der Waals surface area contributed by atoms with E-state index in [1.54, 1.807) is 17.0 Å². The van der Waals surface area contributed by atoms with Gasteiger partial charge in [0.25, 0.3) is 5.91 Å². The molecule has 1 heterocycles. The van der Waals surface area contributed by atoms with Crippen LogP contribution in [-0.4, -0.2) is 67.2 Å². The molecule has 0 radical (unpaired) electrons. The number of nitrogens with zero attached hydrogens (tertiary/aromatic N) is 2. The van der Waals surface area contributed by atoms with Crippen LogP contribution in [0.4, 0.5) is 4.79 Å². The molecule has 1 saturated heterocycles. The van der Waals surface area contributed by atoms with Gasteiger partial charge in [0, 0.05) is 31.2 Å². The van der Waals surface area contributed by atoms with E-state index < -0.39 is 0 Å². The molecule has 0 aromatic heterocycles. The lowest BCUT2D eigenvalue weighted by Gasteiger charge is -2.32. The third kappa shape index (κ3) is 6.05. The van der Waals surface area contributed by atoms with E-state index in [1.165, 1.54) is 0 Å². The number of hydrogen-bond acceptors (Lipinski definition) is 4. The summed E-state index contributed by atoms with van der Waals surface area (Å²) in [5.74, 6) is -0.0548. The molecule has 0 unspecified atom stereocenters. The fraction of sp³-hybridized carbons (Fsp3) is 0.579. The molecule has 0 saturated carbocycles. The lowest BCUT2D eigenvalue weighted by atomic mass is 10.0. The minimum atomic E-state index is -0.250. The second-order valence-corrected chi connectivity index (χ2v) is 6.24. The molecule has 6 nitrogen and oxygen atoms in total. The quantitative estimate of drug-likeness (QED) is 0.822. The van der Waals surface area contributed by atoms with Gasteiger partial charge in [-0.25, -0.2) is 4.79 Å². The van der Waals surface area contributed by atoms with Crippen molar-refractivity contribution in [1.29, 1.82) is 0 Å². The maximum Gasteiger partial charge on any atom is 0.409 e. The minimum absolute atomic E-state index is 0.0548. The van der Waals surface area contributed by atoms with Crippen LogP contribution in [-0.2, 0) is 4.74 Å². The van der Waals surface area contributed by atoms with Gasteiger partial charge in [-0.3, -0.25) is 4.79 Å². The first kappa shape index (κ1) is 19.2. The van der Waals surface area contributed by atoms with Crippen LogP contribution in [0, 0.1) is 0 Å². The molecule has 1 aromatic rings. The molecule has 0 bridgehead atoms. The average Bonchev–Trinajstić information content (AvgIpc) is 2.66. The lowest BCUT2D eigenvalue weighted by Crippen LogP contribution is -2.47. The Bertz CT molecular complexity index is 538. The molecule has 2 amide bonds. The van der Waals surface area contributed by atoms with Crippen LogP contribution in [0.5, 0.6) is 0 Å². The Labute approximate surface area is 150 Å². The van der Waals surface area contributed by atoms with E-state index in [9.17, 15) is 9.59 Å². The number of hydrogen-bond donors (Lipinski definition) is 1. The van der Waals surface area contributed by atoms with Crippen LogP contribution >= 0.6 is 0 Å². The van der Waals surface area contributed by atoms with Crippen LogP contribution in [0.15, 0.2) is 30.3 Å². The van der Waals surface area contributed by atoms with E-state index >= 15 is 0 Å². The van der Waals surface area contributed by atoms with E-state index in [1.807, 2.05) is 18.2 Å². The summed E-state index contributed by atoms with van der Waals surface area (Å²) in [6, 6.07) is 9.31. The highest BCUT2D eigenvalue weighted by Gasteiger charge is 2.25. The zero-order chi connectivity index (χ0) is 18.1. The number of carbonyl (C=O) groups is 2. The van der Waals surface area contributed by atoms with Gasteiger partial charge in [-0.15, -0.1) is 0 Å². The first-order valence-corrected chi connectivity index (χ1v) is 9.14. The summed E-state index contributed by atoms with van der Waals surface area (Å²) in [4.78, 5) is 28.2. The molecule has 1 fully saturated rings. The smallest absolute Gasteiger partial charge is 0.409 e. The Kier molecular flexibility index (Phi) is 7.73. The van der Waals surface area contributed by atoms with E-state index in [-0.39, 0.29) is 18.0 Å². The molecular formula is C19H29N3O3. The first-order valence-electron chi connectivity index (χ1n) is 9.14. The van der Waals surface area contributed by atoms with E-state index in [2.05, 4.69) is 24.1 Å². The Morgan fingerprint density at radius 2 is 1.80 bits per heavy atom. The molecule has 0 aliphatic carbocycles. The monoisotopic (exact) mass is 347 g/mol. The molecule has 138 valence electrons. The van der Waals surface area contributed by atoms with Crippen molar-refractivity contribution in [3.8, 4) is 0 Å². The summed E-state index contributed by atoms with van der Waals surface area (Å²) in [7, 11) is 0. The van der Waals surface area contributed by atoms with Gasteiger partial charge in [-0.1, -0.05) is 32.0 Å². The van der Waals surface area contributed by atoms with Crippen molar-refractivity contribution in [3.05, 3.63) is 35.9 Å². The number of amides is 2. The number of piperidine rings is 1. The molecule has 25 heavy (non-hydrogen) atoms. The number of carbonyl (C=O) groups excluding carboxylic acids is 2. The largest absolute Gasteiger partial charge is 0.448 e. The Hall–Kier alpha value is -2.08. The molecule has 1 aliphatic heterocycles. The topological polar surface area (TPSA) is 61.9 Å². The van der Waals surface area contributed by atoms with Crippen LogP contribution in [0.25, 0.3) is 0 Å². The van der Waals surface area contributed by atoms with Crippen molar-refractivity contribution in [3.63, 3.8) is 0 Å². The van der Waals surface area contributed by atoms with Gasteiger partial charge >= 0.3 is 6.09 Å². The van der Waals surface area contributed by atoms with Gasteiger partial charge in [0.2, 0.25) is 0 Å². The zero-order valence-electron chi connectivity index (χ0n) is 15.2. The van der Waals surface area contributed by atoms with Gasteiger partial charge in [0.1, 0.15) is 6.61 Å². The molecular weight excluding hydrogens is 318 g/mol. The van der Waals surface area contributed by atoms with Crippen molar-refractivity contribution in [2.24, 2.45) is 0 Å². The number of likely N-dealkylation sites (tertiary alicyclic amines) is 1. The predicted molar refractivity (Wildman–Crippen MR) is 97.6 cm³/mol. The van der Waals surface area contributed by atoms with Crippen LogP contribution < -0.4 is 5.32 Å². The fourth-order valence-electron chi connectivity index (χ4n) is 2.96. The highest BCUT2D eigenvalue weighted by molar-refractivity contribution is 5.94. The number of nitrogens with one attached hydrogen (secondary N) is 1. The van der Waals surface area contributed by atoms with Crippen molar-refractivity contribution < 1.29 is 14.3 Å². The maximum absolute atomic E-state index is 12.2. The summed E-state index contributed by atoms with van der Waals surface area (Å²) >= 11 is 0. The van der Waals surface area contributed by atoms with E-state index in [0.29, 0.717) is 25.3 Å². The van der Waals surface area contributed by atoms with Crippen LogP contribution in [0.3, 0.4) is 0 Å². The number of rotatable bonds is 7. The average molecular weight is 347 g/mol. The third-order valence-electron chi connectivity index (χ3n) is 4.65. The Morgan fingerprint density at radius 1 is 1.16 bits per heavy atom. The van der Waals surface area contributed by atoms with E-state index in [4.69, 9.17) is 4.74 Å². The SMILES string of the molecule is CCN(CC)CCOC(=O)N1CCC(NC(=O)c2ccccc2)CC1. The minimum Gasteiger partial charge on any atom is -0.448 e. The molecule has 1 aromatic carbocycles. The lowest BCUT2D eigenvalue weighted by molar-refractivity contribution is 0.0787. The van der Waals surface area contributed by atoms with Crippen LogP contribution in [0.1, 0.15) is 37.0 Å². The highest BCUT2D eigenvalue weighted by atomic mass is 16.6. The summed E-state index contributed by atoms with van der Waals surface area (Å²) in [6.45, 7) is 8.53. The Balaban J connectivity index is 1.68. The van der Waals surface area contributed by atoms with E-state index in [0.717, 1.165) is 32.5 Å². The first-order chi connectivity index (χ1) is 12.1. The molecule has 0 atom stereocenters. The number of ether oxygens (including phenoxy) is 1. The molecule has 2 rings (SSSR count). The summed E-state index contributed by atoms with van der Waals surface area (Å²) in [5, 5.41) is 3.04. The summed E-state index contributed by atoms with van der Waals surface area (Å²) in [5.41, 5.74) is 0.667. The molecule has 6 heteroatoms. The number of benzene rings is 1. The highest BCUT2D eigenvalue weighted by Crippen LogP contribution is 2.12. The van der Waals surface area contributed by atoms with Crippen molar-refractivity contribution in [1.82, 2.24) is 15.1 Å². The Morgan fingerprint density at radius 3 is 2.40 bits per heavy atom. The van der Waals surface area contributed by atoms with Gasteiger partial charge in [0.05, 0.1) is 0 Å². The zero-order valence-corrected chi connectivity index (χ0v) is 15.2. The molecule has 1 N–H and O–H groups in total. The normalized spacial score (nSPS) is 15.2. The second-order valence-electron chi connectivity index (χ2n) is 6.24. The predicted octanol–water partition coefficient (Wildman–Crippen LogP) is 2.36. The number of likely N-dealkylation sites (N-methyl/N-ethyl adjacent to an activating group) is 1. The molecule has 1 aliphatic rings. The second kappa shape index (κ2) is 10.0. The third-order valence-corrected chi connectivity index (χ3v) is 4.65. The van der Waals surface area contributed by atoms with Gasteiger partial charge < -0.3 is 19.9 Å². The summed E-state index contributed by atoms with van der Waals surface area (Å²) < 4.78 is 5.36. The van der Waals surface area contributed by atoms with Gasteiger partial charge in [-0.2, -0.15) is 0 Å². The van der Waals surface area contributed by atoms with Gasteiger partial charge in [-0.05, 0) is 38.1 Å². The standard InChI is InChI=1S/C19H29N3O3/c1-3-21(4-2)14-15-25-19(24)22-12-10-17(11-13-22)20-18(23)16-8-6-5-7-9-16/h5-9,17H,3-4,10-15H2,1-2H3,(H,20,23). The van der Waals surface area contributed by atoms with Crippen LogP contribution in [0.2, 0.25) is 0 Å². The fourth-order valence-corrected chi connectivity index (χ4v) is 2.96. The van der Waals surface area contributed by atoms with Crippen molar-refractivity contribution >= 4 is 12.0 Å². The van der Waals surface area contributed by atoms with Gasteiger partial charge in [0.15, 0.2) is 0 Å². The van der Waals surface area contributed by atoms with Crippen molar-refractivity contribution in [2.75, 3.05) is 39.3 Å². The maximum atomic E-state index is 12.2. The summed E-state index contributed by atoms with van der Waals surface area (Å²) in [6.07, 6.45) is 1.26.